The Morgan fingerprint density at radius 1 is 1.50 bits per heavy atom. The van der Waals surface area contributed by atoms with Crippen molar-refractivity contribution in [1.29, 1.82) is 0 Å². The molecule has 0 aromatic carbocycles. The Balaban J connectivity index is 1.99. The smallest absolute Gasteiger partial charge is 0.245 e. The van der Waals surface area contributed by atoms with E-state index >= 15 is 0 Å². The van der Waals surface area contributed by atoms with Crippen LogP contribution in [0.25, 0.3) is 0 Å². The lowest BCUT2D eigenvalue weighted by atomic mass is 10.2. The van der Waals surface area contributed by atoms with E-state index in [1.165, 1.54) is 11.3 Å². The molecule has 96 valence electrons. The standard InChI is InChI=1S/C12H14ClN3OS/c1-8(10-4-5-11(13)18-10)15-12(17)9(2)16-7-3-6-14-16/h3-9H,1-2H3,(H,15,17)/t8-,9-/m0/s1. The molecule has 0 aliphatic carbocycles. The number of rotatable bonds is 4. The molecule has 6 heteroatoms. The Morgan fingerprint density at radius 2 is 2.28 bits per heavy atom. The number of halogens is 1. The molecular formula is C12H14ClN3OS. The second-order valence-electron chi connectivity index (χ2n) is 4.03. The van der Waals surface area contributed by atoms with Crippen molar-refractivity contribution >= 4 is 28.8 Å². The van der Waals surface area contributed by atoms with E-state index in [1.54, 1.807) is 23.1 Å². The van der Waals surface area contributed by atoms with Crippen LogP contribution >= 0.6 is 22.9 Å². The van der Waals surface area contributed by atoms with Crippen molar-refractivity contribution in [3.05, 3.63) is 39.8 Å². The van der Waals surface area contributed by atoms with Crippen LogP contribution in [0.1, 0.15) is 30.8 Å². The minimum absolute atomic E-state index is 0.0481. The first kappa shape index (κ1) is 13.1. The number of carbonyl (C=O) groups excluding carboxylic acids is 1. The van der Waals surface area contributed by atoms with E-state index < -0.39 is 0 Å². The summed E-state index contributed by atoms with van der Waals surface area (Å²) >= 11 is 7.35. The molecule has 4 nitrogen and oxygen atoms in total. The third-order valence-electron chi connectivity index (χ3n) is 2.68. The highest BCUT2D eigenvalue weighted by molar-refractivity contribution is 7.16. The fourth-order valence-corrected chi connectivity index (χ4v) is 2.66. The number of hydrogen-bond acceptors (Lipinski definition) is 3. The lowest BCUT2D eigenvalue weighted by Gasteiger charge is -2.16. The van der Waals surface area contributed by atoms with Crippen LogP contribution in [0.15, 0.2) is 30.6 Å². The monoisotopic (exact) mass is 283 g/mol. The minimum atomic E-state index is -0.321. The number of carbonyl (C=O) groups is 1. The average molecular weight is 284 g/mol. The maximum Gasteiger partial charge on any atom is 0.245 e. The second-order valence-corrected chi connectivity index (χ2v) is 5.78. The maximum absolute atomic E-state index is 12.0. The molecule has 2 heterocycles. The molecule has 0 saturated heterocycles. The molecule has 0 saturated carbocycles. The normalized spacial score (nSPS) is 14.2. The van der Waals surface area contributed by atoms with Crippen molar-refractivity contribution < 1.29 is 4.79 Å². The van der Waals surface area contributed by atoms with Gasteiger partial charge in [0.1, 0.15) is 6.04 Å². The lowest BCUT2D eigenvalue weighted by molar-refractivity contribution is -0.124. The van der Waals surface area contributed by atoms with Crippen molar-refractivity contribution in [3.8, 4) is 0 Å². The predicted octanol–water partition coefficient (Wildman–Crippen LogP) is 3.04. The Labute approximate surface area is 115 Å². The van der Waals surface area contributed by atoms with Gasteiger partial charge in [-0.05, 0) is 32.0 Å². The summed E-state index contributed by atoms with van der Waals surface area (Å²) in [6, 6.07) is 5.19. The summed E-state index contributed by atoms with van der Waals surface area (Å²) in [4.78, 5) is 13.1. The molecule has 2 aromatic heterocycles. The number of hydrogen-bond donors (Lipinski definition) is 1. The Hall–Kier alpha value is -1.33. The highest BCUT2D eigenvalue weighted by Gasteiger charge is 2.18. The highest BCUT2D eigenvalue weighted by Crippen LogP contribution is 2.26. The zero-order chi connectivity index (χ0) is 13.1. The fourth-order valence-electron chi connectivity index (χ4n) is 1.60. The Bertz CT molecular complexity index is 523. The van der Waals surface area contributed by atoms with Gasteiger partial charge in [-0.3, -0.25) is 9.48 Å². The van der Waals surface area contributed by atoms with Crippen LogP contribution in [0.4, 0.5) is 0 Å². The Morgan fingerprint density at radius 3 is 2.83 bits per heavy atom. The summed E-state index contributed by atoms with van der Waals surface area (Å²) < 4.78 is 2.36. The van der Waals surface area contributed by atoms with E-state index in [2.05, 4.69) is 10.4 Å². The summed E-state index contributed by atoms with van der Waals surface area (Å²) in [5.74, 6) is -0.0595. The number of nitrogens with zero attached hydrogens (tertiary/aromatic N) is 2. The van der Waals surface area contributed by atoms with Gasteiger partial charge in [0.2, 0.25) is 5.91 Å². The maximum atomic E-state index is 12.0. The van der Waals surface area contributed by atoms with E-state index in [4.69, 9.17) is 11.6 Å². The zero-order valence-corrected chi connectivity index (χ0v) is 11.7. The third kappa shape index (κ3) is 2.91. The van der Waals surface area contributed by atoms with Crippen LogP contribution in [0.3, 0.4) is 0 Å². The van der Waals surface area contributed by atoms with Crippen LogP contribution in [0, 0.1) is 0 Å². The third-order valence-corrected chi connectivity index (χ3v) is 4.09. The molecular weight excluding hydrogens is 270 g/mol. The van der Waals surface area contributed by atoms with E-state index in [9.17, 15) is 4.79 Å². The van der Waals surface area contributed by atoms with Crippen molar-refractivity contribution in [2.45, 2.75) is 25.9 Å². The van der Waals surface area contributed by atoms with Crippen LogP contribution in [0.2, 0.25) is 4.34 Å². The van der Waals surface area contributed by atoms with Crippen molar-refractivity contribution in [2.24, 2.45) is 0 Å². The van der Waals surface area contributed by atoms with Crippen LogP contribution in [0.5, 0.6) is 0 Å². The predicted molar refractivity (Wildman–Crippen MR) is 72.8 cm³/mol. The molecule has 0 aliphatic rings. The number of amides is 1. The fraction of sp³-hybridized carbons (Fsp3) is 0.333. The summed E-state index contributed by atoms with van der Waals surface area (Å²) in [6.45, 7) is 3.76. The quantitative estimate of drug-likeness (QED) is 0.937. The van der Waals surface area contributed by atoms with Crippen molar-refractivity contribution in [2.75, 3.05) is 0 Å². The molecule has 2 aromatic rings. The van der Waals surface area contributed by atoms with E-state index in [1.807, 2.05) is 26.0 Å². The van der Waals surface area contributed by atoms with Crippen LogP contribution in [-0.4, -0.2) is 15.7 Å². The van der Waals surface area contributed by atoms with Crippen LogP contribution < -0.4 is 5.32 Å². The molecule has 0 unspecified atom stereocenters. The second kappa shape index (κ2) is 5.54. The van der Waals surface area contributed by atoms with Gasteiger partial charge in [-0.15, -0.1) is 11.3 Å². The van der Waals surface area contributed by atoms with Gasteiger partial charge in [0.05, 0.1) is 10.4 Å². The van der Waals surface area contributed by atoms with Gasteiger partial charge in [-0.2, -0.15) is 5.10 Å². The SMILES string of the molecule is C[C@H](NC(=O)[C@H](C)n1cccn1)c1ccc(Cl)s1. The van der Waals surface area contributed by atoms with E-state index in [-0.39, 0.29) is 18.0 Å². The van der Waals surface area contributed by atoms with Gasteiger partial charge < -0.3 is 5.32 Å². The topological polar surface area (TPSA) is 46.9 Å². The van der Waals surface area contributed by atoms with Crippen molar-refractivity contribution in [3.63, 3.8) is 0 Å². The summed E-state index contributed by atoms with van der Waals surface area (Å²) in [6.07, 6.45) is 3.43. The van der Waals surface area contributed by atoms with E-state index in [0.717, 1.165) is 9.21 Å². The number of nitrogens with one attached hydrogen (secondary N) is 1. The molecule has 2 atom stereocenters. The van der Waals surface area contributed by atoms with Gasteiger partial charge in [0, 0.05) is 17.3 Å². The molecule has 1 amide bonds. The lowest BCUT2D eigenvalue weighted by Crippen LogP contribution is -2.32. The van der Waals surface area contributed by atoms with Gasteiger partial charge in [0.15, 0.2) is 0 Å². The summed E-state index contributed by atoms with van der Waals surface area (Å²) in [5.41, 5.74) is 0. The molecule has 0 spiro atoms. The first-order chi connectivity index (χ1) is 8.58. The molecule has 0 radical (unpaired) electrons. The molecule has 2 rings (SSSR count). The summed E-state index contributed by atoms with van der Waals surface area (Å²) in [7, 11) is 0. The molecule has 0 aliphatic heterocycles. The first-order valence-electron chi connectivity index (χ1n) is 5.62. The molecule has 18 heavy (non-hydrogen) atoms. The van der Waals surface area contributed by atoms with Gasteiger partial charge in [-0.1, -0.05) is 11.6 Å². The molecule has 0 bridgehead atoms. The van der Waals surface area contributed by atoms with Gasteiger partial charge in [-0.25, -0.2) is 0 Å². The highest BCUT2D eigenvalue weighted by atomic mass is 35.5. The van der Waals surface area contributed by atoms with E-state index in [0.29, 0.717) is 0 Å². The average Bonchev–Trinajstić information content (AvgIpc) is 2.98. The largest absolute Gasteiger partial charge is 0.347 e. The van der Waals surface area contributed by atoms with Gasteiger partial charge >= 0.3 is 0 Å². The Kier molecular flexibility index (Phi) is 4.04. The van der Waals surface area contributed by atoms with Crippen LogP contribution in [-0.2, 0) is 4.79 Å². The number of aromatic nitrogens is 2. The summed E-state index contributed by atoms with van der Waals surface area (Å²) in [5, 5.41) is 7.01. The van der Waals surface area contributed by atoms with Crippen molar-refractivity contribution in [1.82, 2.24) is 15.1 Å². The minimum Gasteiger partial charge on any atom is -0.347 e. The first-order valence-corrected chi connectivity index (χ1v) is 6.82. The van der Waals surface area contributed by atoms with Gasteiger partial charge in [0.25, 0.3) is 0 Å². The molecule has 0 fully saturated rings. The zero-order valence-electron chi connectivity index (χ0n) is 10.1. The number of thiophene rings is 1. The molecule has 1 N–H and O–H groups in total.